The van der Waals surface area contributed by atoms with Gasteiger partial charge in [-0.2, -0.15) is 5.10 Å². The van der Waals surface area contributed by atoms with E-state index in [1.807, 2.05) is 30.4 Å². The lowest BCUT2D eigenvalue weighted by Crippen LogP contribution is -2.30. The standard InChI is InChI=1S/C15H22N4S/c1-4-20-14-7-5-12(6-8-14)15(17-16)10-13-9-11(2)18-19(13)3/h5-9,15,17H,4,10,16H2,1-3H3. The number of hydrogen-bond donors (Lipinski definition) is 2. The van der Waals surface area contributed by atoms with Gasteiger partial charge in [-0.05, 0) is 36.4 Å². The second-order valence-electron chi connectivity index (χ2n) is 4.83. The van der Waals surface area contributed by atoms with E-state index in [0.29, 0.717) is 0 Å². The van der Waals surface area contributed by atoms with Crippen molar-refractivity contribution in [1.29, 1.82) is 0 Å². The fourth-order valence-corrected chi connectivity index (χ4v) is 2.96. The Hall–Kier alpha value is -1.30. The summed E-state index contributed by atoms with van der Waals surface area (Å²) in [4.78, 5) is 1.29. The van der Waals surface area contributed by atoms with Crippen molar-refractivity contribution in [3.8, 4) is 0 Å². The monoisotopic (exact) mass is 290 g/mol. The Balaban J connectivity index is 2.13. The molecule has 0 bridgehead atoms. The number of thioether (sulfide) groups is 1. The predicted molar refractivity (Wildman–Crippen MR) is 84.6 cm³/mol. The summed E-state index contributed by atoms with van der Waals surface area (Å²) in [6.45, 7) is 4.17. The molecule has 1 aromatic heterocycles. The van der Waals surface area contributed by atoms with Gasteiger partial charge in [0.05, 0.1) is 11.7 Å². The van der Waals surface area contributed by atoms with Gasteiger partial charge in [0, 0.05) is 24.1 Å². The van der Waals surface area contributed by atoms with Gasteiger partial charge in [-0.25, -0.2) is 0 Å². The number of nitrogens with two attached hydrogens (primary N) is 1. The number of nitrogens with one attached hydrogen (secondary N) is 1. The molecule has 0 aliphatic carbocycles. The highest BCUT2D eigenvalue weighted by Gasteiger charge is 2.13. The average molecular weight is 290 g/mol. The number of aromatic nitrogens is 2. The number of aryl methyl sites for hydroxylation is 2. The topological polar surface area (TPSA) is 55.9 Å². The van der Waals surface area contributed by atoms with E-state index in [4.69, 9.17) is 5.84 Å². The van der Waals surface area contributed by atoms with Crippen LogP contribution in [-0.4, -0.2) is 15.5 Å². The summed E-state index contributed by atoms with van der Waals surface area (Å²) in [5.41, 5.74) is 6.32. The minimum Gasteiger partial charge on any atom is -0.272 e. The van der Waals surface area contributed by atoms with Gasteiger partial charge in [-0.15, -0.1) is 11.8 Å². The molecule has 0 saturated heterocycles. The molecule has 0 fully saturated rings. The first kappa shape index (κ1) is 15.1. The Morgan fingerprint density at radius 2 is 2.05 bits per heavy atom. The van der Waals surface area contributed by atoms with E-state index in [2.05, 4.69) is 47.8 Å². The Labute approximate surface area is 124 Å². The van der Waals surface area contributed by atoms with Crippen LogP contribution in [0.4, 0.5) is 0 Å². The lowest BCUT2D eigenvalue weighted by atomic mass is 10.0. The maximum Gasteiger partial charge on any atom is 0.0596 e. The average Bonchev–Trinajstić information content (AvgIpc) is 2.75. The minimum absolute atomic E-state index is 0.102. The fraction of sp³-hybridized carbons (Fsp3) is 0.400. The second-order valence-corrected chi connectivity index (χ2v) is 6.16. The highest BCUT2D eigenvalue weighted by molar-refractivity contribution is 7.99. The number of hydrogen-bond acceptors (Lipinski definition) is 4. The van der Waals surface area contributed by atoms with Gasteiger partial charge in [0.15, 0.2) is 0 Å². The third-order valence-electron chi connectivity index (χ3n) is 3.31. The maximum atomic E-state index is 5.72. The molecule has 0 saturated carbocycles. The Bertz CT molecular complexity index is 548. The SMILES string of the molecule is CCSc1ccc(C(Cc2cc(C)nn2C)NN)cc1. The van der Waals surface area contributed by atoms with Crippen molar-refractivity contribution in [2.75, 3.05) is 5.75 Å². The van der Waals surface area contributed by atoms with Gasteiger partial charge < -0.3 is 0 Å². The van der Waals surface area contributed by atoms with Crippen molar-refractivity contribution in [2.45, 2.75) is 31.2 Å². The molecule has 4 nitrogen and oxygen atoms in total. The van der Waals surface area contributed by atoms with Crippen LogP contribution >= 0.6 is 11.8 Å². The van der Waals surface area contributed by atoms with Crippen LogP contribution in [0.2, 0.25) is 0 Å². The first-order valence-electron chi connectivity index (χ1n) is 6.82. The van der Waals surface area contributed by atoms with Crippen LogP contribution in [0.1, 0.15) is 29.9 Å². The summed E-state index contributed by atoms with van der Waals surface area (Å²) >= 11 is 1.85. The minimum atomic E-state index is 0.102. The van der Waals surface area contributed by atoms with Crippen LogP contribution in [0.3, 0.4) is 0 Å². The largest absolute Gasteiger partial charge is 0.272 e. The first-order valence-corrected chi connectivity index (χ1v) is 7.81. The van der Waals surface area contributed by atoms with E-state index in [-0.39, 0.29) is 6.04 Å². The maximum absolute atomic E-state index is 5.72. The zero-order valence-electron chi connectivity index (χ0n) is 12.3. The molecule has 1 heterocycles. The van der Waals surface area contributed by atoms with Gasteiger partial charge in [-0.1, -0.05) is 19.1 Å². The number of rotatable bonds is 6. The van der Waals surface area contributed by atoms with E-state index >= 15 is 0 Å². The van der Waals surface area contributed by atoms with Crippen LogP contribution in [0.5, 0.6) is 0 Å². The molecule has 1 aromatic carbocycles. The van der Waals surface area contributed by atoms with Crippen molar-refractivity contribution < 1.29 is 0 Å². The predicted octanol–water partition coefficient (Wildman–Crippen LogP) is 2.59. The van der Waals surface area contributed by atoms with E-state index < -0.39 is 0 Å². The van der Waals surface area contributed by atoms with E-state index in [9.17, 15) is 0 Å². The molecule has 5 heteroatoms. The molecule has 2 rings (SSSR count). The van der Waals surface area contributed by atoms with E-state index in [0.717, 1.165) is 17.9 Å². The Morgan fingerprint density at radius 3 is 2.55 bits per heavy atom. The van der Waals surface area contributed by atoms with Crippen LogP contribution in [-0.2, 0) is 13.5 Å². The Morgan fingerprint density at radius 1 is 1.35 bits per heavy atom. The molecule has 0 spiro atoms. The Kier molecular flexibility index (Phi) is 5.23. The molecule has 20 heavy (non-hydrogen) atoms. The van der Waals surface area contributed by atoms with Gasteiger partial charge in [-0.3, -0.25) is 16.0 Å². The smallest absolute Gasteiger partial charge is 0.0596 e. The molecule has 1 unspecified atom stereocenters. The summed E-state index contributed by atoms with van der Waals surface area (Å²) in [7, 11) is 1.97. The molecule has 108 valence electrons. The van der Waals surface area contributed by atoms with Gasteiger partial charge in [0.25, 0.3) is 0 Å². The highest BCUT2D eigenvalue weighted by atomic mass is 32.2. The van der Waals surface area contributed by atoms with E-state index in [1.165, 1.54) is 16.2 Å². The summed E-state index contributed by atoms with van der Waals surface area (Å²) in [6, 6.07) is 10.8. The molecule has 2 aromatic rings. The lowest BCUT2D eigenvalue weighted by molar-refractivity contribution is 0.530. The molecule has 3 N–H and O–H groups in total. The summed E-state index contributed by atoms with van der Waals surface area (Å²) in [5, 5.41) is 4.38. The molecule has 0 amide bonds. The molecular formula is C15H22N4S. The second kappa shape index (κ2) is 6.92. The summed E-state index contributed by atoms with van der Waals surface area (Å²) < 4.78 is 1.92. The van der Waals surface area contributed by atoms with Crippen molar-refractivity contribution in [1.82, 2.24) is 15.2 Å². The third kappa shape index (κ3) is 3.62. The third-order valence-corrected chi connectivity index (χ3v) is 4.20. The summed E-state index contributed by atoms with van der Waals surface area (Å²) in [6.07, 6.45) is 0.827. The van der Waals surface area contributed by atoms with Crippen LogP contribution < -0.4 is 11.3 Å². The van der Waals surface area contributed by atoms with Crippen molar-refractivity contribution in [3.63, 3.8) is 0 Å². The zero-order valence-corrected chi connectivity index (χ0v) is 13.1. The lowest BCUT2D eigenvalue weighted by Gasteiger charge is -2.16. The van der Waals surface area contributed by atoms with Crippen molar-refractivity contribution in [3.05, 3.63) is 47.3 Å². The van der Waals surface area contributed by atoms with Crippen LogP contribution in [0.25, 0.3) is 0 Å². The summed E-state index contributed by atoms with van der Waals surface area (Å²) in [5.74, 6) is 6.81. The normalized spacial score (nSPS) is 12.6. The molecular weight excluding hydrogens is 268 g/mol. The molecule has 0 aliphatic heterocycles. The molecule has 0 radical (unpaired) electrons. The van der Waals surface area contributed by atoms with Crippen LogP contribution in [0.15, 0.2) is 35.2 Å². The number of benzene rings is 1. The quantitative estimate of drug-likeness (QED) is 0.488. The number of nitrogens with zero attached hydrogens (tertiary/aromatic N) is 2. The highest BCUT2D eigenvalue weighted by Crippen LogP contribution is 2.22. The van der Waals surface area contributed by atoms with Gasteiger partial charge in [0.1, 0.15) is 0 Å². The fourth-order valence-electron chi connectivity index (χ4n) is 2.30. The van der Waals surface area contributed by atoms with Crippen molar-refractivity contribution >= 4 is 11.8 Å². The number of hydrazine groups is 1. The van der Waals surface area contributed by atoms with Gasteiger partial charge in [0.2, 0.25) is 0 Å². The first-order chi connectivity index (χ1) is 9.63. The molecule has 1 atom stereocenters. The van der Waals surface area contributed by atoms with E-state index in [1.54, 1.807) is 0 Å². The van der Waals surface area contributed by atoms with Gasteiger partial charge >= 0.3 is 0 Å². The molecule has 0 aliphatic rings. The van der Waals surface area contributed by atoms with Crippen molar-refractivity contribution in [2.24, 2.45) is 12.9 Å². The van der Waals surface area contributed by atoms with Crippen LogP contribution in [0, 0.1) is 6.92 Å². The zero-order chi connectivity index (χ0) is 14.5.